The number of carboxylic acid groups (broad SMARTS) is 1. The number of urea groups is 1. The molecule has 2 rings (SSSR count). The fourth-order valence-electron chi connectivity index (χ4n) is 3.08. The van der Waals surface area contributed by atoms with Crippen molar-refractivity contribution in [1.29, 1.82) is 0 Å². The van der Waals surface area contributed by atoms with E-state index in [9.17, 15) is 9.59 Å². The zero-order valence-electron chi connectivity index (χ0n) is 15.0. The fourth-order valence-corrected chi connectivity index (χ4v) is 3.48. The van der Waals surface area contributed by atoms with Crippen molar-refractivity contribution in [2.75, 3.05) is 19.3 Å². The van der Waals surface area contributed by atoms with Gasteiger partial charge in [0.2, 0.25) is 0 Å². The van der Waals surface area contributed by atoms with Crippen molar-refractivity contribution in [2.24, 2.45) is 0 Å². The van der Waals surface area contributed by atoms with Crippen LogP contribution in [0.4, 0.5) is 4.79 Å². The van der Waals surface area contributed by atoms with Crippen molar-refractivity contribution in [3.63, 3.8) is 0 Å². The molecular formula is C18H27N3O3S. The number of aliphatic carboxylic acids is 1. The molecule has 3 N–H and O–H groups in total. The zero-order valence-corrected chi connectivity index (χ0v) is 15.8. The summed E-state index contributed by atoms with van der Waals surface area (Å²) in [4.78, 5) is 26.1. The molecule has 0 bridgehead atoms. The van der Waals surface area contributed by atoms with Gasteiger partial charge in [0, 0.05) is 17.0 Å². The maximum atomic E-state index is 12.1. The molecule has 0 spiro atoms. The third-order valence-corrected chi connectivity index (χ3v) is 5.42. The molecule has 0 heterocycles. The molecule has 0 saturated heterocycles. The number of benzene rings is 1. The Labute approximate surface area is 153 Å². The summed E-state index contributed by atoms with van der Waals surface area (Å²) in [7, 11) is 0. The highest BCUT2D eigenvalue weighted by Gasteiger charge is 2.34. The van der Waals surface area contributed by atoms with Crippen LogP contribution in [0.25, 0.3) is 0 Å². The Morgan fingerprint density at radius 1 is 1.32 bits per heavy atom. The zero-order chi connectivity index (χ0) is 18.4. The normalized spacial score (nSPS) is 20.6. The van der Waals surface area contributed by atoms with Gasteiger partial charge < -0.3 is 15.7 Å². The molecule has 1 aromatic carbocycles. The Balaban J connectivity index is 1.75. The van der Waals surface area contributed by atoms with E-state index in [4.69, 9.17) is 5.11 Å². The summed E-state index contributed by atoms with van der Waals surface area (Å²) >= 11 is 1.69. The number of nitrogens with zero attached hydrogens (tertiary/aromatic N) is 1. The van der Waals surface area contributed by atoms with Crippen molar-refractivity contribution in [1.82, 2.24) is 15.5 Å². The molecule has 0 aromatic heterocycles. The van der Waals surface area contributed by atoms with Crippen molar-refractivity contribution in [3.8, 4) is 0 Å². The summed E-state index contributed by atoms with van der Waals surface area (Å²) in [5.41, 5.74) is 1.07. The fraction of sp³-hybridized carbons (Fsp3) is 0.556. The van der Waals surface area contributed by atoms with E-state index in [0.717, 1.165) is 18.4 Å². The van der Waals surface area contributed by atoms with E-state index in [1.54, 1.807) is 11.8 Å². The first kappa shape index (κ1) is 19.6. The number of amides is 2. The van der Waals surface area contributed by atoms with E-state index < -0.39 is 5.97 Å². The van der Waals surface area contributed by atoms with Gasteiger partial charge in [0.25, 0.3) is 0 Å². The Kier molecular flexibility index (Phi) is 7.13. The van der Waals surface area contributed by atoms with Crippen LogP contribution in [0.2, 0.25) is 0 Å². The monoisotopic (exact) mass is 365 g/mol. The molecule has 1 aliphatic rings. The van der Waals surface area contributed by atoms with E-state index in [1.165, 1.54) is 4.90 Å². The van der Waals surface area contributed by atoms with Gasteiger partial charge in [0.1, 0.15) is 0 Å². The summed E-state index contributed by atoms with van der Waals surface area (Å²) in [6.45, 7) is 4.69. The molecule has 0 aliphatic heterocycles. The number of hydrogen-bond donors (Lipinski definition) is 3. The summed E-state index contributed by atoms with van der Waals surface area (Å²) in [5, 5.41) is 14.8. The molecule has 0 radical (unpaired) electrons. The van der Waals surface area contributed by atoms with Gasteiger partial charge >= 0.3 is 12.0 Å². The lowest BCUT2D eigenvalue weighted by atomic mass is 9.85. The SMILES string of the molecule is CCN(CC(=O)O)C1CC(NC(=O)N[C@@H](C)c2ccc(SC)cc2)C1. The van der Waals surface area contributed by atoms with E-state index in [1.807, 2.05) is 49.3 Å². The number of nitrogens with one attached hydrogen (secondary N) is 2. The van der Waals surface area contributed by atoms with Gasteiger partial charge in [0.15, 0.2) is 0 Å². The number of likely N-dealkylation sites (N-methyl/N-ethyl adjacent to an activating group) is 1. The number of rotatable bonds is 8. The maximum absolute atomic E-state index is 12.1. The molecule has 1 saturated carbocycles. The largest absolute Gasteiger partial charge is 0.480 e. The second-order valence-corrected chi connectivity index (χ2v) is 7.27. The first-order chi connectivity index (χ1) is 11.9. The summed E-state index contributed by atoms with van der Waals surface area (Å²) in [6, 6.07) is 8.27. The number of carboxylic acids is 1. The average Bonchev–Trinajstić information content (AvgIpc) is 2.55. The van der Waals surface area contributed by atoms with Crippen molar-refractivity contribution >= 4 is 23.8 Å². The van der Waals surface area contributed by atoms with Crippen LogP contribution in [-0.2, 0) is 4.79 Å². The summed E-state index contributed by atoms with van der Waals surface area (Å²) in [6.07, 6.45) is 3.63. The predicted octanol–water partition coefficient (Wildman–Crippen LogP) is 2.71. The average molecular weight is 365 g/mol. The van der Waals surface area contributed by atoms with Crippen LogP contribution in [0.15, 0.2) is 29.2 Å². The van der Waals surface area contributed by atoms with Crippen LogP contribution >= 0.6 is 11.8 Å². The van der Waals surface area contributed by atoms with Gasteiger partial charge in [-0.2, -0.15) is 0 Å². The minimum Gasteiger partial charge on any atom is -0.480 e. The van der Waals surface area contributed by atoms with E-state index in [-0.39, 0.29) is 30.7 Å². The number of carbonyl (C=O) groups is 2. The highest BCUT2D eigenvalue weighted by molar-refractivity contribution is 7.98. The molecule has 7 heteroatoms. The van der Waals surface area contributed by atoms with Crippen LogP contribution in [0.1, 0.15) is 38.3 Å². The molecule has 1 aliphatic carbocycles. The lowest BCUT2D eigenvalue weighted by Gasteiger charge is -2.42. The minimum atomic E-state index is -0.808. The third kappa shape index (κ3) is 5.64. The van der Waals surface area contributed by atoms with E-state index >= 15 is 0 Å². The second-order valence-electron chi connectivity index (χ2n) is 6.39. The molecule has 138 valence electrons. The lowest BCUT2D eigenvalue weighted by molar-refractivity contribution is -0.139. The molecule has 25 heavy (non-hydrogen) atoms. The number of hydrogen-bond acceptors (Lipinski definition) is 4. The number of thioether (sulfide) groups is 1. The maximum Gasteiger partial charge on any atom is 0.317 e. The highest BCUT2D eigenvalue weighted by atomic mass is 32.2. The van der Waals surface area contributed by atoms with Crippen LogP contribution in [0, 0.1) is 0 Å². The van der Waals surface area contributed by atoms with Crippen molar-refractivity contribution < 1.29 is 14.7 Å². The van der Waals surface area contributed by atoms with E-state index in [0.29, 0.717) is 6.54 Å². The van der Waals surface area contributed by atoms with Crippen molar-refractivity contribution in [2.45, 2.75) is 49.7 Å². The first-order valence-corrected chi connectivity index (χ1v) is 9.82. The third-order valence-electron chi connectivity index (χ3n) is 4.67. The van der Waals surface area contributed by atoms with Crippen LogP contribution < -0.4 is 10.6 Å². The standard InChI is InChI=1S/C18H27N3O3S/c1-4-21(11-17(22)23)15-9-14(10-15)20-18(24)19-12(2)13-5-7-16(25-3)8-6-13/h5-8,12,14-15H,4,9-11H2,1-3H3,(H,22,23)(H2,19,20,24)/t12-,14?,15?/m0/s1. The quantitative estimate of drug-likeness (QED) is 0.617. The van der Waals surface area contributed by atoms with Crippen LogP contribution in [0.5, 0.6) is 0 Å². The molecule has 0 unspecified atom stereocenters. The minimum absolute atomic E-state index is 0.0587. The molecule has 6 nitrogen and oxygen atoms in total. The summed E-state index contributed by atoms with van der Waals surface area (Å²) < 4.78 is 0. The first-order valence-electron chi connectivity index (χ1n) is 8.59. The second kappa shape index (κ2) is 9.10. The van der Waals surface area contributed by atoms with E-state index in [2.05, 4.69) is 10.6 Å². The summed E-state index contributed by atoms with van der Waals surface area (Å²) in [5.74, 6) is -0.808. The van der Waals surface area contributed by atoms with Gasteiger partial charge in [-0.25, -0.2) is 4.79 Å². The topological polar surface area (TPSA) is 81.7 Å². The Morgan fingerprint density at radius 2 is 1.96 bits per heavy atom. The molecular weight excluding hydrogens is 338 g/mol. The van der Waals surface area contributed by atoms with Crippen molar-refractivity contribution in [3.05, 3.63) is 29.8 Å². The molecule has 1 aromatic rings. The Hall–Kier alpha value is -1.73. The van der Waals surface area contributed by atoms with Gasteiger partial charge in [-0.05, 0) is 50.3 Å². The Bertz CT molecular complexity index is 588. The van der Waals surface area contributed by atoms with Crippen LogP contribution in [-0.4, -0.2) is 53.4 Å². The van der Waals surface area contributed by atoms with Gasteiger partial charge in [-0.3, -0.25) is 9.69 Å². The molecule has 1 atom stereocenters. The van der Waals surface area contributed by atoms with Gasteiger partial charge in [-0.15, -0.1) is 11.8 Å². The lowest BCUT2D eigenvalue weighted by Crippen LogP contribution is -2.56. The smallest absolute Gasteiger partial charge is 0.317 e. The predicted molar refractivity (Wildman–Crippen MR) is 100.0 cm³/mol. The highest BCUT2D eigenvalue weighted by Crippen LogP contribution is 2.25. The number of carbonyl (C=O) groups excluding carboxylic acids is 1. The van der Waals surface area contributed by atoms with Crippen LogP contribution in [0.3, 0.4) is 0 Å². The van der Waals surface area contributed by atoms with Gasteiger partial charge in [0.05, 0.1) is 12.6 Å². The van der Waals surface area contributed by atoms with Gasteiger partial charge in [-0.1, -0.05) is 19.1 Å². The Morgan fingerprint density at radius 3 is 2.48 bits per heavy atom. The molecule has 2 amide bonds. The molecule has 1 fully saturated rings.